The first-order valence-electron chi connectivity index (χ1n) is 11.2. The van der Waals surface area contributed by atoms with Crippen molar-refractivity contribution in [1.29, 1.82) is 0 Å². The van der Waals surface area contributed by atoms with Gasteiger partial charge in [0.2, 0.25) is 11.8 Å². The molecule has 0 bridgehead atoms. The van der Waals surface area contributed by atoms with Gasteiger partial charge in [0.05, 0.1) is 5.75 Å². The summed E-state index contributed by atoms with van der Waals surface area (Å²) in [5.41, 5.74) is 4.69. The molecule has 2 amide bonds. The summed E-state index contributed by atoms with van der Waals surface area (Å²) in [6.45, 7) is 6.44. The molecule has 1 atom stereocenters. The number of benzene rings is 2. The van der Waals surface area contributed by atoms with Crippen LogP contribution in [0.15, 0.2) is 48.5 Å². The van der Waals surface area contributed by atoms with E-state index < -0.39 is 6.04 Å². The lowest BCUT2D eigenvalue weighted by molar-refractivity contribution is -0.138. The second-order valence-electron chi connectivity index (χ2n) is 8.60. The summed E-state index contributed by atoms with van der Waals surface area (Å²) in [6.07, 6.45) is 4.41. The summed E-state index contributed by atoms with van der Waals surface area (Å²) in [4.78, 5) is 27.9. The molecular formula is C26H34N2O2S. The van der Waals surface area contributed by atoms with Gasteiger partial charge in [0.25, 0.3) is 0 Å². The quantitative estimate of drug-likeness (QED) is 0.598. The van der Waals surface area contributed by atoms with E-state index in [1.165, 1.54) is 24.0 Å². The van der Waals surface area contributed by atoms with Gasteiger partial charge in [-0.2, -0.15) is 0 Å². The highest BCUT2D eigenvalue weighted by atomic mass is 32.2. The van der Waals surface area contributed by atoms with E-state index in [2.05, 4.69) is 30.4 Å². The number of carbonyl (C=O) groups excluding carboxylic acids is 2. The molecule has 0 saturated heterocycles. The van der Waals surface area contributed by atoms with Crippen molar-refractivity contribution >= 4 is 23.6 Å². The lowest BCUT2D eigenvalue weighted by Crippen LogP contribution is -2.50. The maximum absolute atomic E-state index is 13.2. The van der Waals surface area contributed by atoms with Gasteiger partial charge in [-0.3, -0.25) is 9.59 Å². The molecule has 0 aliphatic heterocycles. The molecule has 1 N–H and O–H groups in total. The minimum atomic E-state index is -0.493. The van der Waals surface area contributed by atoms with Gasteiger partial charge in [-0.05, 0) is 50.3 Å². The number of amides is 2. The molecule has 1 saturated carbocycles. The molecule has 0 spiro atoms. The average molecular weight is 439 g/mol. The maximum atomic E-state index is 13.2. The van der Waals surface area contributed by atoms with Crippen LogP contribution in [0.3, 0.4) is 0 Å². The third-order valence-electron chi connectivity index (χ3n) is 6.05. The molecule has 1 aliphatic rings. The third kappa shape index (κ3) is 6.86. The van der Waals surface area contributed by atoms with Crippen molar-refractivity contribution in [2.75, 3.05) is 5.75 Å². The standard InChI is InChI=1S/C26H34N2O2S/c1-19-9-8-11-22(15-19)16-28(21(3)26(30)27-24-13-6-7-14-24)25(29)18-31-17-23-12-5-4-10-20(23)2/h4-5,8-12,15,21,24H,6-7,13-14,16-18H2,1-3H3,(H,27,30)/t21-/m0/s1. The Hall–Kier alpha value is -2.27. The lowest BCUT2D eigenvalue weighted by atomic mass is 10.1. The highest BCUT2D eigenvalue weighted by Gasteiger charge is 2.28. The average Bonchev–Trinajstić information content (AvgIpc) is 3.26. The molecule has 0 unspecified atom stereocenters. The van der Waals surface area contributed by atoms with Gasteiger partial charge < -0.3 is 10.2 Å². The Kier molecular flexibility index (Phi) is 8.59. The van der Waals surface area contributed by atoms with Crippen LogP contribution in [-0.4, -0.2) is 34.6 Å². The smallest absolute Gasteiger partial charge is 0.242 e. The van der Waals surface area contributed by atoms with Crippen molar-refractivity contribution in [3.05, 3.63) is 70.8 Å². The first-order valence-corrected chi connectivity index (χ1v) is 12.4. The molecular weight excluding hydrogens is 404 g/mol. The topological polar surface area (TPSA) is 49.4 Å². The van der Waals surface area contributed by atoms with Crippen LogP contribution in [0.5, 0.6) is 0 Å². The number of rotatable bonds is 9. The van der Waals surface area contributed by atoms with Crippen LogP contribution in [0.2, 0.25) is 0 Å². The largest absolute Gasteiger partial charge is 0.352 e. The Morgan fingerprint density at radius 3 is 2.55 bits per heavy atom. The summed E-state index contributed by atoms with van der Waals surface area (Å²) in [7, 11) is 0. The van der Waals surface area contributed by atoms with E-state index in [0.717, 1.165) is 29.7 Å². The predicted molar refractivity (Wildman–Crippen MR) is 129 cm³/mol. The minimum Gasteiger partial charge on any atom is -0.352 e. The van der Waals surface area contributed by atoms with Crippen LogP contribution in [0.25, 0.3) is 0 Å². The lowest BCUT2D eigenvalue weighted by Gasteiger charge is -2.30. The van der Waals surface area contributed by atoms with E-state index in [0.29, 0.717) is 12.3 Å². The van der Waals surface area contributed by atoms with Crippen LogP contribution < -0.4 is 5.32 Å². The number of nitrogens with zero attached hydrogens (tertiary/aromatic N) is 1. The zero-order valence-electron chi connectivity index (χ0n) is 18.9. The predicted octanol–water partition coefficient (Wildman–Crippen LogP) is 5.01. The zero-order chi connectivity index (χ0) is 22.2. The van der Waals surface area contributed by atoms with Crippen molar-refractivity contribution in [3.8, 4) is 0 Å². The Morgan fingerprint density at radius 1 is 1.10 bits per heavy atom. The summed E-state index contributed by atoms with van der Waals surface area (Å²) in [6, 6.07) is 16.2. The molecule has 5 heteroatoms. The number of aryl methyl sites for hydroxylation is 2. The van der Waals surface area contributed by atoms with Gasteiger partial charge in [0.1, 0.15) is 6.04 Å². The fraction of sp³-hybridized carbons (Fsp3) is 0.462. The Labute approximate surface area is 190 Å². The van der Waals surface area contributed by atoms with Crippen molar-refractivity contribution in [3.63, 3.8) is 0 Å². The fourth-order valence-corrected chi connectivity index (χ4v) is 5.07. The van der Waals surface area contributed by atoms with E-state index in [1.807, 2.05) is 44.2 Å². The SMILES string of the molecule is Cc1cccc(CN(C(=O)CSCc2ccccc2C)[C@@H](C)C(=O)NC2CCCC2)c1. The van der Waals surface area contributed by atoms with Gasteiger partial charge in [-0.1, -0.05) is 66.9 Å². The van der Waals surface area contributed by atoms with Crippen molar-refractivity contribution in [2.24, 2.45) is 0 Å². The first-order chi connectivity index (χ1) is 14.9. The number of carbonyl (C=O) groups is 2. The number of hydrogen-bond donors (Lipinski definition) is 1. The van der Waals surface area contributed by atoms with E-state index in [-0.39, 0.29) is 17.9 Å². The highest BCUT2D eigenvalue weighted by Crippen LogP contribution is 2.20. The Morgan fingerprint density at radius 2 is 1.84 bits per heavy atom. The Bertz CT molecular complexity index is 892. The van der Waals surface area contributed by atoms with Crippen LogP contribution in [-0.2, 0) is 21.9 Å². The zero-order valence-corrected chi connectivity index (χ0v) is 19.7. The van der Waals surface area contributed by atoms with Crippen LogP contribution >= 0.6 is 11.8 Å². The van der Waals surface area contributed by atoms with Crippen molar-refractivity contribution < 1.29 is 9.59 Å². The van der Waals surface area contributed by atoms with Gasteiger partial charge in [-0.15, -0.1) is 11.8 Å². The third-order valence-corrected chi connectivity index (χ3v) is 7.01. The molecule has 2 aromatic rings. The summed E-state index contributed by atoms with van der Waals surface area (Å²) < 4.78 is 0. The summed E-state index contributed by atoms with van der Waals surface area (Å²) in [5, 5.41) is 3.16. The van der Waals surface area contributed by atoms with E-state index in [9.17, 15) is 9.59 Å². The highest BCUT2D eigenvalue weighted by molar-refractivity contribution is 7.99. The molecule has 0 aromatic heterocycles. The van der Waals surface area contributed by atoms with Crippen molar-refractivity contribution in [1.82, 2.24) is 10.2 Å². The maximum Gasteiger partial charge on any atom is 0.242 e. The van der Waals surface area contributed by atoms with E-state index >= 15 is 0 Å². The molecule has 166 valence electrons. The molecule has 4 nitrogen and oxygen atoms in total. The Balaban J connectivity index is 1.66. The van der Waals surface area contributed by atoms with Gasteiger partial charge >= 0.3 is 0 Å². The number of nitrogens with one attached hydrogen (secondary N) is 1. The van der Waals surface area contributed by atoms with Gasteiger partial charge in [0.15, 0.2) is 0 Å². The molecule has 1 aliphatic carbocycles. The second-order valence-corrected chi connectivity index (χ2v) is 9.58. The molecule has 0 heterocycles. The van der Waals surface area contributed by atoms with Gasteiger partial charge in [0, 0.05) is 18.3 Å². The summed E-state index contributed by atoms with van der Waals surface area (Å²) in [5.74, 6) is 1.12. The number of thioether (sulfide) groups is 1. The van der Waals surface area contributed by atoms with E-state index in [1.54, 1.807) is 16.7 Å². The second kappa shape index (κ2) is 11.4. The fourth-order valence-electron chi connectivity index (χ4n) is 4.09. The normalized spacial score (nSPS) is 14.9. The monoisotopic (exact) mass is 438 g/mol. The van der Waals surface area contributed by atoms with Crippen LogP contribution in [0, 0.1) is 13.8 Å². The molecule has 0 radical (unpaired) electrons. The minimum absolute atomic E-state index is 0.00848. The number of hydrogen-bond acceptors (Lipinski definition) is 3. The summed E-state index contributed by atoms with van der Waals surface area (Å²) >= 11 is 1.61. The van der Waals surface area contributed by atoms with E-state index in [4.69, 9.17) is 0 Å². The van der Waals surface area contributed by atoms with Crippen molar-refractivity contribution in [2.45, 2.75) is 70.8 Å². The van der Waals surface area contributed by atoms with Crippen LogP contribution in [0.4, 0.5) is 0 Å². The first kappa shape index (κ1) is 23.4. The molecule has 31 heavy (non-hydrogen) atoms. The molecule has 3 rings (SSSR count). The molecule has 1 fully saturated rings. The van der Waals surface area contributed by atoms with Crippen LogP contribution in [0.1, 0.15) is 54.9 Å². The van der Waals surface area contributed by atoms with Gasteiger partial charge in [-0.25, -0.2) is 0 Å². The molecule has 2 aromatic carbocycles.